The number of hydrogen-bond donors (Lipinski definition) is 1. The molecule has 0 heterocycles. The lowest BCUT2D eigenvalue weighted by atomic mass is 10.2. The number of methoxy groups -OCH3 is 1. The van der Waals surface area contributed by atoms with Crippen LogP contribution in [0.2, 0.25) is 5.02 Å². The summed E-state index contributed by atoms with van der Waals surface area (Å²) in [7, 11) is 1.54. The van der Waals surface area contributed by atoms with Gasteiger partial charge in [-0.1, -0.05) is 25.4 Å². The standard InChI is InChI=1S/C18H27ClN2O3/c1-5-21(6-2)11-10-20-17(22)9-8-14-12-15(19)18(23-4)16(13-14)24-7-3/h8-9,12-13H,5-7,10-11H2,1-4H3,(H,20,22). The molecule has 134 valence electrons. The molecule has 0 bridgehead atoms. The molecule has 1 rings (SSSR count). The largest absolute Gasteiger partial charge is 0.491 e. The smallest absolute Gasteiger partial charge is 0.244 e. The number of likely N-dealkylation sites (N-methyl/N-ethyl adjacent to an activating group) is 1. The fourth-order valence-electron chi connectivity index (χ4n) is 2.25. The fraction of sp³-hybridized carbons (Fsp3) is 0.500. The molecule has 0 aliphatic carbocycles. The third-order valence-corrected chi connectivity index (χ3v) is 3.87. The highest BCUT2D eigenvalue weighted by Crippen LogP contribution is 2.36. The van der Waals surface area contributed by atoms with Crippen molar-refractivity contribution in [2.24, 2.45) is 0 Å². The highest BCUT2D eigenvalue weighted by Gasteiger charge is 2.10. The van der Waals surface area contributed by atoms with Crippen LogP contribution in [-0.2, 0) is 4.79 Å². The van der Waals surface area contributed by atoms with E-state index in [9.17, 15) is 4.79 Å². The van der Waals surface area contributed by atoms with Crippen molar-refractivity contribution in [2.45, 2.75) is 20.8 Å². The van der Waals surface area contributed by atoms with E-state index >= 15 is 0 Å². The van der Waals surface area contributed by atoms with Crippen LogP contribution in [0.1, 0.15) is 26.3 Å². The summed E-state index contributed by atoms with van der Waals surface area (Å²) in [6.07, 6.45) is 3.21. The summed E-state index contributed by atoms with van der Waals surface area (Å²) in [5, 5.41) is 3.32. The maximum Gasteiger partial charge on any atom is 0.244 e. The highest BCUT2D eigenvalue weighted by atomic mass is 35.5. The first-order valence-electron chi connectivity index (χ1n) is 8.24. The number of hydrogen-bond acceptors (Lipinski definition) is 4. The minimum atomic E-state index is -0.132. The average Bonchev–Trinajstić information content (AvgIpc) is 2.57. The van der Waals surface area contributed by atoms with Gasteiger partial charge >= 0.3 is 0 Å². The lowest BCUT2D eigenvalue weighted by Gasteiger charge is -2.17. The topological polar surface area (TPSA) is 50.8 Å². The van der Waals surface area contributed by atoms with Crippen LogP contribution in [0.25, 0.3) is 6.08 Å². The molecule has 0 aromatic heterocycles. The normalized spacial score (nSPS) is 11.1. The molecule has 1 aromatic carbocycles. The minimum Gasteiger partial charge on any atom is -0.491 e. The van der Waals surface area contributed by atoms with Crippen LogP contribution in [0.5, 0.6) is 11.5 Å². The molecular weight excluding hydrogens is 328 g/mol. The van der Waals surface area contributed by atoms with E-state index in [1.54, 1.807) is 25.3 Å². The van der Waals surface area contributed by atoms with Gasteiger partial charge in [0, 0.05) is 19.2 Å². The SMILES string of the molecule is CCOc1cc(C=CC(=O)NCCN(CC)CC)cc(Cl)c1OC. The Morgan fingerprint density at radius 1 is 1.29 bits per heavy atom. The molecule has 0 unspecified atom stereocenters. The number of carbonyl (C=O) groups is 1. The Morgan fingerprint density at radius 3 is 2.58 bits per heavy atom. The van der Waals surface area contributed by atoms with Gasteiger partial charge in [-0.3, -0.25) is 4.79 Å². The second kappa shape index (κ2) is 10.9. The Labute approximate surface area is 149 Å². The van der Waals surface area contributed by atoms with Crippen molar-refractivity contribution in [1.82, 2.24) is 10.2 Å². The molecule has 0 spiro atoms. The molecule has 5 nitrogen and oxygen atoms in total. The molecule has 1 N–H and O–H groups in total. The number of halogens is 1. The second-order valence-electron chi connectivity index (χ2n) is 5.12. The number of carbonyl (C=O) groups excluding carboxylic acids is 1. The maximum absolute atomic E-state index is 11.9. The van der Waals surface area contributed by atoms with E-state index in [0.717, 1.165) is 25.2 Å². The molecule has 0 aliphatic rings. The van der Waals surface area contributed by atoms with Gasteiger partial charge < -0.3 is 19.7 Å². The summed E-state index contributed by atoms with van der Waals surface area (Å²) in [5.74, 6) is 0.931. The van der Waals surface area contributed by atoms with Crippen LogP contribution < -0.4 is 14.8 Å². The van der Waals surface area contributed by atoms with Crippen molar-refractivity contribution in [1.29, 1.82) is 0 Å². The molecule has 1 amide bonds. The summed E-state index contributed by atoms with van der Waals surface area (Å²) in [5.41, 5.74) is 0.781. The van der Waals surface area contributed by atoms with Gasteiger partial charge in [0.2, 0.25) is 5.91 Å². The summed E-state index contributed by atoms with van der Waals surface area (Å²) in [6.45, 7) is 10.0. The van der Waals surface area contributed by atoms with Crippen LogP contribution in [0.15, 0.2) is 18.2 Å². The minimum absolute atomic E-state index is 0.132. The van der Waals surface area contributed by atoms with Gasteiger partial charge in [-0.05, 0) is 43.8 Å². The summed E-state index contributed by atoms with van der Waals surface area (Å²) >= 11 is 6.19. The van der Waals surface area contributed by atoms with Gasteiger partial charge in [-0.2, -0.15) is 0 Å². The third kappa shape index (κ3) is 6.42. The molecule has 24 heavy (non-hydrogen) atoms. The van der Waals surface area contributed by atoms with Crippen molar-refractivity contribution < 1.29 is 14.3 Å². The van der Waals surface area contributed by atoms with Crippen LogP contribution >= 0.6 is 11.6 Å². The second-order valence-corrected chi connectivity index (χ2v) is 5.53. The van der Waals surface area contributed by atoms with E-state index in [4.69, 9.17) is 21.1 Å². The number of nitrogens with one attached hydrogen (secondary N) is 1. The summed E-state index contributed by atoms with van der Waals surface area (Å²) in [6, 6.07) is 3.54. The van der Waals surface area contributed by atoms with E-state index in [0.29, 0.717) is 29.7 Å². The zero-order valence-corrected chi connectivity index (χ0v) is 15.7. The number of rotatable bonds is 10. The Kier molecular flexibility index (Phi) is 9.27. The monoisotopic (exact) mass is 354 g/mol. The first-order chi connectivity index (χ1) is 11.5. The van der Waals surface area contributed by atoms with Gasteiger partial charge in [-0.15, -0.1) is 0 Å². The van der Waals surface area contributed by atoms with Crippen LogP contribution in [0, 0.1) is 0 Å². The van der Waals surface area contributed by atoms with Crippen LogP contribution in [0.3, 0.4) is 0 Å². The number of benzene rings is 1. The number of ether oxygens (including phenoxy) is 2. The molecule has 0 fully saturated rings. The van der Waals surface area contributed by atoms with E-state index in [2.05, 4.69) is 24.1 Å². The van der Waals surface area contributed by atoms with Crippen LogP contribution in [0.4, 0.5) is 0 Å². The fourth-order valence-corrected chi connectivity index (χ4v) is 2.55. The molecule has 0 saturated carbocycles. The van der Waals surface area contributed by atoms with Gasteiger partial charge in [-0.25, -0.2) is 0 Å². The van der Waals surface area contributed by atoms with Crippen molar-refractivity contribution in [2.75, 3.05) is 39.9 Å². The predicted octanol–water partition coefficient (Wildman–Crippen LogP) is 3.22. The molecule has 0 atom stereocenters. The summed E-state index contributed by atoms with van der Waals surface area (Å²) < 4.78 is 10.8. The van der Waals surface area contributed by atoms with E-state index in [-0.39, 0.29) is 5.91 Å². The van der Waals surface area contributed by atoms with Crippen LogP contribution in [-0.4, -0.2) is 50.7 Å². The van der Waals surface area contributed by atoms with Crippen molar-refractivity contribution in [3.63, 3.8) is 0 Å². The Morgan fingerprint density at radius 2 is 2.00 bits per heavy atom. The molecule has 0 saturated heterocycles. The zero-order valence-electron chi connectivity index (χ0n) is 14.9. The van der Waals surface area contributed by atoms with Gasteiger partial charge in [0.25, 0.3) is 0 Å². The Hall–Kier alpha value is -1.72. The van der Waals surface area contributed by atoms with Gasteiger partial charge in [0.15, 0.2) is 11.5 Å². The van der Waals surface area contributed by atoms with Crippen molar-refractivity contribution >= 4 is 23.6 Å². The highest BCUT2D eigenvalue weighted by molar-refractivity contribution is 6.32. The molecule has 1 aromatic rings. The lowest BCUT2D eigenvalue weighted by Crippen LogP contribution is -2.34. The summed E-state index contributed by atoms with van der Waals surface area (Å²) in [4.78, 5) is 14.1. The van der Waals surface area contributed by atoms with Crippen molar-refractivity contribution in [3.05, 3.63) is 28.8 Å². The lowest BCUT2D eigenvalue weighted by molar-refractivity contribution is -0.116. The molecular formula is C18H27ClN2O3. The number of nitrogens with zero attached hydrogens (tertiary/aromatic N) is 1. The van der Waals surface area contributed by atoms with Gasteiger partial charge in [0.1, 0.15) is 0 Å². The van der Waals surface area contributed by atoms with Gasteiger partial charge in [0.05, 0.1) is 18.7 Å². The first-order valence-corrected chi connectivity index (χ1v) is 8.62. The van der Waals surface area contributed by atoms with E-state index in [1.165, 1.54) is 6.08 Å². The third-order valence-electron chi connectivity index (χ3n) is 3.58. The van der Waals surface area contributed by atoms with Crippen molar-refractivity contribution in [3.8, 4) is 11.5 Å². The molecule has 6 heteroatoms. The molecule has 0 aliphatic heterocycles. The van der Waals surface area contributed by atoms with E-state index < -0.39 is 0 Å². The van der Waals surface area contributed by atoms with E-state index in [1.807, 2.05) is 6.92 Å². The molecule has 0 radical (unpaired) electrons. The first kappa shape index (κ1) is 20.3. The Balaban J connectivity index is 2.67. The zero-order chi connectivity index (χ0) is 17.9. The predicted molar refractivity (Wildman–Crippen MR) is 99.0 cm³/mol. The Bertz CT molecular complexity index is 557. The number of amides is 1. The quantitative estimate of drug-likeness (QED) is 0.655. The average molecular weight is 355 g/mol. The maximum atomic E-state index is 11.9.